The number of amides is 3. The van der Waals surface area contributed by atoms with Gasteiger partial charge in [0.1, 0.15) is 40.3 Å². The van der Waals surface area contributed by atoms with Crippen LogP contribution in [0.4, 0.5) is 10.5 Å². The number of methoxy groups -OCH3 is 1. The van der Waals surface area contributed by atoms with Crippen LogP contribution in [0.3, 0.4) is 0 Å². The summed E-state index contributed by atoms with van der Waals surface area (Å²) >= 11 is 8.42. The number of carbonyl (C=O) groups is 4. The van der Waals surface area contributed by atoms with E-state index in [9.17, 15) is 24.3 Å². The minimum Gasteiger partial charge on any atom is -0.495 e. The molecule has 7 atom stereocenters. The molecule has 0 aliphatic carbocycles. The molecule has 1 aromatic carbocycles. The first-order valence-corrected chi connectivity index (χ1v) is 19.2. The van der Waals surface area contributed by atoms with E-state index in [1.54, 1.807) is 45.8 Å². The summed E-state index contributed by atoms with van der Waals surface area (Å²) in [6.45, 7) is 11.2. The van der Waals surface area contributed by atoms with Crippen molar-refractivity contribution in [1.29, 1.82) is 0 Å². The smallest absolute Gasteiger partial charge is 0.409 e. The Labute approximate surface area is 316 Å². The standard InChI is InChI=1S/C38H54ClN3O9S/c1-22-13-11-12-15-38(47)21-28(49-35(46)40-38)23(2)33-37(6,51-33)29(50-34(45)24(3)41(7)30(43)14-16-36(4,5)52-10)20-31(44)42(8)26-18-25(17-22)19-27(48-9)32(26)39/h11-13,18-19,23-24,28-29,33,47H,14-17,20-21H2,1-10H3,(H,40,46)/b12-11+,22-13+/t23-,24+,28+,29?,33+,37+,38-/m1/s1. The van der Waals surface area contributed by atoms with Crippen molar-refractivity contribution in [3.05, 3.63) is 46.5 Å². The highest BCUT2D eigenvalue weighted by Crippen LogP contribution is 2.49. The van der Waals surface area contributed by atoms with Crippen molar-refractivity contribution in [3.63, 3.8) is 0 Å². The molecule has 4 bridgehead atoms. The lowest BCUT2D eigenvalue weighted by atomic mass is 9.84. The Morgan fingerprint density at radius 2 is 1.98 bits per heavy atom. The Morgan fingerprint density at radius 1 is 1.29 bits per heavy atom. The molecule has 4 rings (SSSR count). The Morgan fingerprint density at radius 3 is 2.63 bits per heavy atom. The number of hydrogen-bond acceptors (Lipinski definition) is 10. The Kier molecular flexibility index (Phi) is 13.1. The minimum absolute atomic E-state index is 0.0798. The maximum absolute atomic E-state index is 14.1. The van der Waals surface area contributed by atoms with Gasteiger partial charge in [0.25, 0.3) is 0 Å². The number of allylic oxidation sites excluding steroid dienone is 3. The molecule has 52 heavy (non-hydrogen) atoms. The van der Waals surface area contributed by atoms with Gasteiger partial charge in [-0.05, 0) is 57.6 Å². The van der Waals surface area contributed by atoms with Crippen molar-refractivity contribution in [2.24, 2.45) is 5.92 Å². The van der Waals surface area contributed by atoms with E-state index in [2.05, 4.69) is 19.2 Å². The van der Waals surface area contributed by atoms with E-state index in [1.807, 2.05) is 44.4 Å². The summed E-state index contributed by atoms with van der Waals surface area (Å²) in [5.41, 5.74) is -0.498. The van der Waals surface area contributed by atoms with Crippen molar-refractivity contribution in [3.8, 4) is 5.75 Å². The van der Waals surface area contributed by atoms with Crippen LogP contribution in [0, 0.1) is 5.92 Å². The molecule has 12 nitrogen and oxygen atoms in total. The van der Waals surface area contributed by atoms with Gasteiger partial charge in [-0.3, -0.25) is 14.9 Å². The van der Waals surface area contributed by atoms with Crippen LogP contribution in [0.5, 0.6) is 5.75 Å². The van der Waals surface area contributed by atoms with Crippen LogP contribution >= 0.6 is 23.4 Å². The Balaban J connectivity index is 1.69. The van der Waals surface area contributed by atoms with Gasteiger partial charge in [0.2, 0.25) is 11.8 Å². The maximum Gasteiger partial charge on any atom is 0.409 e. The molecule has 288 valence electrons. The van der Waals surface area contributed by atoms with E-state index in [1.165, 1.54) is 16.9 Å². The maximum atomic E-state index is 14.1. The number of halogens is 1. The largest absolute Gasteiger partial charge is 0.495 e. The number of rotatable bonds is 8. The van der Waals surface area contributed by atoms with Crippen LogP contribution in [0.25, 0.3) is 0 Å². The molecule has 0 spiro atoms. The van der Waals surface area contributed by atoms with Gasteiger partial charge in [-0.15, -0.1) is 0 Å². The molecule has 1 unspecified atom stereocenters. The number of likely N-dealkylation sites (N-methyl/N-ethyl adjacent to an activating group) is 1. The second kappa shape index (κ2) is 16.4. The van der Waals surface area contributed by atoms with E-state index in [-0.39, 0.29) is 41.4 Å². The zero-order valence-electron chi connectivity index (χ0n) is 31.9. The lowest BCUT2D eigenvalue weighted by Crippen LogP contribution is -2.57. The fourth-order valence-corrected chi connectivity index (χ4v) is 7.25. The molecule has 0 saturated carbocycles. The fraction of sp³-hybridized carbons (Fsp3) is 0.632. The second-order valence-corrected chi connectivity index (χ2v) is 17.0. The zero-order chi connectivity index (χ0) is 38.8. The average molecular weight is 764 g/mol. The molecule has 3 heterocycles. The third-order valence-electron chi connectivity index (χ3n) is 10.6. The van der Waals surface area contributed by atoms with Gasteiger partial charge in [0.15, 0.2) is 0 Å². The highest BCUT2D eigenvalue weighted by Gasteiger charge is 2.64. The minimum atomic E-state index is -1.57. The van der Waals surface area contributed by atoms with Crippen LogP contribution in [0.2, 0.25) is 5.02 Å². The number of anilines is 1. The quantitative estimate of drug-likeness (QED) is 0.246. The molecule has 2 N–H and O–H groups in total. The van der Waals surface area contributed by atoms with Crippen molar-refractivity contribution in [1.82, 2.24) is 10.2 Å². The number of aliphatic hydroxyl groups is 1. The summed E-state index contributed by atoms with van der Waals surface area (Å²) in [4.78, 5) is 56.4. The van der Waals surface area contributed by atoms with Crippen LogP contribution < -0.4 is 15.0 Å². The number of nitrogens with zero attached hydrogens (tertiary/aromatic N) is 2. The number of benzene rings is 1. The third-order valence-corrected chi connectivity index (χ3v) is 12.3. The monoisotopic (exact) mass is 763 g/mol. The van der Waals surface area contributed by atoms with Gasteiger partial charge < -0.3 is 33.9 Å². The van der Waals surface area contributed by atoms with Crippen molar-refractivity contribution < 1.29 is 43.2 Å². The number of thioether (sulfide) groups is 1. The molecule has 0 aromatic heterocycles. The third kappa shape index (κ3) is 9.64. The molecule has 1 aromatic rings. The van der Waals surface area contributed by atoms with Crippen LogP contribution in [-0.4, -0.2) is 102 Å². The topological polar surface area (TPSA) is 147 Å². The van der Waals surface area contributed by atoms with E-state index in [0.717, 1.165) is 11.1 Å². The summed E-state index contributed by atoms with van der Waals surface area (Å²) in [5.74, 6) is -1.37. The van der Waals surface area contributed by atoms with Gasteiger partial charge in [-0.2, -0.15) is 11.8 Å². The lowest BCUT2D eigenvalue weighted by Gasteiger charge is -2.39. The van der Waals surface area contributed by atoms with Gasteiger partial charge >= 0.3 is 12.1 Å². The molecule has 3 amide bonds. The predicted molar refractivity (Wildman–Crippen MR) is 202 cm³/mol. The first kappa shape index (κ1) is 41.5. The second-order valence-electron chi connectivity index (χ2n) is 15.1. The van der Waals surface area contributed by atoms with Crippen molar-refractivity contribution in [2.75, 3.05) is 32.4 Å². The zero-order valence-corrected chi connectivity index (χ0v) is 33.5. The lowest BCUT2D eigenvalue weighted by molar-refractivity contribution is -0.162. The van der Waals surface area contributed by atoms with E-state index >= 15 is 0 Å². The van der Waals surface area contributed by atoms with Crippen molar-refractivity contribution in [2.45, 2.75) is 120 Å². The van der Waals surface area contributed by atoms with Gasteiger partial charge in [-0.1, -0.05) is 56.2 Å². The normalized spacial score (nSPS) is 30.5. The van der Waals surface area contributed by atoms with Crippen LogP contribution in [0.1, 0.15) is 79.2 Å². The number of epoxide rings is 1. The van der Waals surface area contributed by atoms with Gasteiger partial charge in [-0.25, -0.2) is 9.59 Å². The summed E-state index contributed by atoms with van der Waals surface area (Å²) < 4.78 is 23.5. The fourth-order valence-electron chi connectivity index (χ4n) is 6.63. The van der Waals surface area contributed by atoms with Gasteiger partial charge in [0, 0.05) is 44.0 Å². The molecular weight excluding hydrogens is 710 g/mol. The molecule has 2 saturated heterocycles. The first-order valence-electron chi connectivity index (χ1n) is 17.6. The molecule has 0 radical (unpaired) electrons. The predicted octanol–water partition coefficient (Wildman–Crippen LogP) is 5.81. The molecule has 3 aliphatic rings. The Hall–Kier alpha value is -3.26. The van der Waals surface area contributed by atoms with E-state index in [4.69, 9.17) is 30.5 Å². The SMILES string of the molecule is COc1cc2cc(c1Cl)N(C)C(=O)CC(OC(=O)[C@H](C)N(C)C(=O)CCC(C)(C)SC)[C@]1(C)O[C@H]1[C@H](C)[C@@H]1C[C@](O)(C/C=C/C=C(\C)C2)NC(=O)O1. The molecule has 14 heteroatoms. The van der Waals surface area contributed by atoms with Gasteiger partial charge in [0.05, 0.1) is 25.3 Å². The van der Waals surface area contributed by atoms with Crippen molar-refractivity contribution >= 4 is 52.9 Å². The number of ether oxygens (including phenoxy) is 4. The number of nitrogens with one attached hydrogen (secondary N) is 1. The average Bonchev–Trinajstić information content (AvgIpc) is 3.79. The molecular formula is C38H54ClN3O9S. The molecule has 3 aliphatic heterocycles. The number of alkyl carbamates (subject to hydrolysis) is 1. The highest BCUT2D eigenvalue weighted by molar-refractivity contribution is 7.99. The summed E-state index contributed by atoms with van der Waals surface area (Å²) in [6.07, 6.45) is 5.63. The summed E-state index contributed by atoms with van der Waals surface area (Å²) in [7, 11) is 4.66. The number of carbonyl (C=O) groups excluding carboxylic acids is 4. The first-order chi connectivity index (χ1) is 24.2. The number of esters is 1. The number of fused-ring (bicyclic) bond motifs is 5. The van der Waals surface area contributed by atoms with E-state index < -0.39 is 59.6 Å². The van der Waals surface area contributed by atoms with Crippen LogP contribution in [-0.2, 0) is 35.0 Å². The summed E-state index contributed by atoms with van der Waals surface area (Å²) in [6, 6.07) is 2.68. The molecule has 2 fully saturated rings. The Bertz CT molecular complexity index is 1600. The van der Waals surface area contributed by atoms with Crippen LogP contribution in [0.15, 0.2) is 35.9 Å². The number of hydrogen-bond donors (Lipinski definition) is 2. The highest BCUT2D eigenvalue weighted by atomic mass is 35.5. The summed E-state index contributed by atoms with van der Waals surface area (Å²) in [5, 5.41) is 14.2. The van der Waals surface area contributed by atoms with E-state index in [0.29, 0.717) is 24.3 Å².